The molecule has 1 spiro atoms. The maximum absolute atomic E-state index is 10.5. The molecule has 0 aromatic rings. The van der Waals surface area contributed by atoms with Crippen LogP contribution in [0.3, 0.4) is 0 Å². The van der Waals surface area contributed by atoms with E-state index >= 15 is 0 Å². The van der Waals surface area contributed by atoms with Crippen molar-refractivity contribution in [3.63, 3.8) is 0 Å². The zero-order valence-electron chi connectivity index (χ0n) is 15.7. The summed E-state index contributed by atoms with van der Waals surface area (Å²) in [6.45, 7) is 6.80. The molecule has 0 amide bonds. The van der Waals surface area contributed by atoms with Gasteiger partial charge in [0.15, 0.2) is 0 Å². The summed E-state index contributed by atoms with van der Waals surface area (Å²) in [5.74, 6) is 2.07. The van der Waals surface area contributed by atoms with Crippen molar-refractivity contribution in [1.29, 1.82) is 0 Å². The first-order valence-electron chi connectivity index (χ1n) is 10.5. The maximum Gasteiger partial charge on any atom is 0.126 e. The Bertz CT molecular complexity index is 635. The molecule has 0 aromatic heterocycles. The monoisotopic (exact) mass is 348 g/mol. The first-order valence-corrected chi connectivity index (χ1v) is 10.5. The van der Waals surface area contributed by atoms with Crippen molar-refractivity contribution in [3.8, 4) is 0 Å². The Morgan fingerprint density at radius 1 is 0.960 bits per heavy atom. The standard InChI is InChI=1S/C21H32O4/c1-11(22)21-17(25-21)9-15-13-8-16-20(24-16)10-12(23)4-6-18(20,2)14(13)5-7-19(15,21)3/h11-17,22-23H,4-10H2,1-3H3. The van der Waals surface area contributed by atoms with E-state index in [9.17, 15) is 10.2 Å². The molecule has 25 heavy (non-hydrogen) atoms. The van der Waals surface area contributed by atoms with Gasteiger partial charge in [0.05, 0.1) is 24.4 Å². The SMILES string of the molecule is CC(O)C12OC1CC1C3CC4OC45CC(O)CCC5(C)C3CCC12C. The molecule has 0 aromatic carbocycles. The summed E-state index contributed by atoms with van der Waals surface area (Å²) >= 11 is 0. The van der Waals surface area contributed by atoms with Crippen LogP contribution in [0.1, 0.15) is 65.7 Å². The Hall–Kier alpha value is -0.160. The molecule has 4 saturated carbocycles. The average Bonchev–Trinajstić information content (AvgIpc) is 3.42. The van der Waals surface area contributed by atoms with E-state index in [4.69, 9.17) is 9.47 Å². The summed E-state index contributed by atoms with van der Waals surface area (Å²) in [5, 5.41) is 20.8. The second-order valence-corrected chi connectivity index (χ2v) is 10.7. The third-order valence-electron chi connectivity index (χ3n) is 10.2. The minimum atomic E-state index is -0.371. The van der Waals surface area contributed by atoms with Gasteiger partial charge in [-0.25, -0.2) is 0 Å². The lowest BCUT2D eigenvalue weighted by atomic mass is 9.44. The summed E-state index contributed by atoms with van der Waals surface area (Å²) in [6, 6.07) is 0. The van der Waals surface area contributed by atoms with Crippen LogP contribution in [0.4, 0.5) is 0 Å². The van der Waals surface area contributed by atoms with Crippen LogP contribution >= 0.6 is 0 Å². The molecule has 2 saturated heterocycles. The molecule has 0 bridgehead atoms. The van der Waals surface area contributed by atoms with E-state index in [1.165, 1.54) is 12.8 Å². The molecule has 2 aliphatic heterocycles. The van der Waals surface area contributed by atoms with Crippen LogP contribution in [-0.2, 0) is 9.47 Å². The number of epoxide rings is 2. The minimum Gasteiger partial charge on any atom is -0.393 e. The normalized spacial score (nSPS) is 68.0. The van der Waals surface area contributed by atoms with Gasteiger partial charge in [-0.1, -0.05) is 13.8 Å². The fourth-order valence-electron chi connectivity index (χ4n) is 8.90. The Labute approximate surface area is 150 Å². The first-order chi connectivity index (χ1) is 11.8. The van der Waals surface area contributed by atoms with Crippen molar-refractivity contribution < 1.29 is 19.7 Å². The van der Waals surface area contributed by atoms with E-state index < -0.39 is 0 Å². The molecule has 4 heteroatoms. The van der Waals surface area contributed by atoms with Gasteiger partial charge >= 0.3 is 0 Å². The largest absolute Gasteiger partial charge is 0.393 e. The Kier molecular flexibility index (Phi) is 2.72. The third kappa shape index (κ3) is 1.51. The highest BCUT2D eigenvalue weighted by Gasteiger charge is 2.82. The molecule has 6 aliphatic rings. The lowest BCUT2D eigenvalue weighted by Crippen LogP contribution is -2.60. The lowest BCUT2D eigenvalue weighted by molar-refractivity contribution is -0.140. The molecule has 140 valence electrons. The molecule has 4 nitrogen and oxygen atoms in total. The van der Waals surface area contributed by atoms with Crippen molar-refractivity contribution >= 4 is 0 Å². The molecule has 11 unspecified atom stereocenters. The highest BCUT2D eigenvalue weighted by molar-refractivity contribution is 5.30. The van der Waals surface area contributed by atoms with Gasteiger partial charge in [-0.05, 0) is 63.2 Å². The maximum atomic E-state index is 10.5. The number of aliphatic hydroxyl groups is 2. The predicted octanol–water partition coefficient (Wildman–Crippen LogP) is 2.65. The third-order valence-corrected chi connectivity index (χ3v) is 10.2. The van der Waals surface area contributed by atoms with Crippen molar-refractivity contribution in [1.82, 2.24) is 0 Å². The molecule has 0 radical (unpaired) electrons. The Morgan fingerprint density at radius 3 is 2.48 bits per heavy atom. The number of ether oxygens (including phenoxy) is 2. The molecule has 6 rings (SSSR count). The van der Waals surface area contributed by atoms with E-state index in [0.717, 1.165) is 32.1 Å². The fraction of sp³-hybridized carbons (Fsp3) is 1.00. The van der Waals surface area contributed by atoms with Crippen molar-refractivity contribution in [2.75, 3.05) is 0 Å². The smallest absolute Gasteiger partial charge is 0.126 e. The number of rotatable bonds is 1. The first kappa shape index (κ1) is 15.9. The van der Waals surface area contributed by atoms with Crippen LogP contribution in [0, 0.1) is 28.6 Å². The number of hydrogen-bond acceptors (Lipinski definition) is 4. The van der Waals surface area contributed by atoms with E-state index in [2.05, 4.69) is 13.8 Å². The van der Waals surface area contributed by atoms with Crippen LogP contribution in [0.5, 0.6) is 0 Å². The van der Waals surface area contributed by atoms with E-state index in [0.29, 0.717) is 23.9 Å². The van der Waals surface area contributed by atoms with Gasteiger partial charge in [0.1, 0.15) is 11.2 Å². The topological polar surface area (TPSA) is 65.5 Å². The Balaban J connectivity index is 1.37. The summed E-state index contributed by atoms with van der Waals surface area (Å²) in [5.41, 5.74) is 0.0456. The van der Waals surface area contributed by atoms with E-state index in [-0.39, 0.29) is 40.3 Å². The van der Waals surface area contributed by atoms with Gasteiger partial charge in [0.25, 0.3) is 0 Å². The molecule has 2 heterocycles. The highest BCUT2D eigenvalue weighted by atomic mass is 16.6. The van der Waals surface area contributed by atoms with Gasteiger partial charge in [0.2, 0.25) is 0 Å². The summed E-state index contributed by atoms with van der Waals surface area (Å²) in [7, 11) is 0. The summed E-state index contributed by atoms with van der Waals surface area (Å²) < 4.78 is 12.5. The molecular weight excluding hydrogens is 316 g/mol. The Morgan fingerprint density at radius 2 is 1.72 bits per heavy atom. The van der Waals surface area contributed by atoms with Crippen LogP contribution in [-0.4, -0.2) is 45.8 Å². The van der Waals surface area contributed by atoms with Crippen LogP contribution < -0.4 is 0 Å². The quantitative estimate of drug-likeness (QED) is 0.715. The minimum absolute atomic E-state index is 0.0282. The molecule has 11 atom stereocenters. The zero-order valence-corrected chi connectivity index (χ0v) is 15.7. The van der Waals surface area contributed by atoms with Crippen molar-refractivity contribution in [3.05, 3.63) is 0 Å². The van der Waals surface area contributed by atoms with E-state index in [1.807, 2.05) is 6.92 Å². The van der Waals surface area contributed by atoms with Gasteiger partial charge < -0.3 is 19.7 Å². The van der Waals surface area contributed by atoms with Crippen LogP contribution in [0.2, 0.25) is 0 Å². The second kappa shape index (κ2) is 4.29. The van der Waals surface area contributed by atoms with Crippen molar-refractivity contribution in [2.24, 2.45) is 28.6 Å². The molecule has 2 N–H and O–H groups in total. The molecule has 4 aliphatic carbocycles. The van der Waals surface area contributed by atoms with Gasteiger partial charge in [-0.15, -0.1) is 0 Å². The van der Waals surface area contributed by atoms with Gasteiger partial charge in [0, 0.05) is 17.3 Å². The van der Waals surface area contributed by atoms with E-state index in [1.54, 1.807) is 0 Å². The van der Waals surface area contributed by atoms with Crippen LogP contribution in [0.25, 0.3) is 0 Å². The van der Waals surface area contributed by atoms with Gasteiger partial charge in [-0.3, -0.25) is 0 Å². The van der Waals surface area contributed by atoms with Crippen molar-refractivity contribution in [2.45, 2.75) is 101 Å². The predicted molar refractivity (Wildman–Crippen MR) is 91.9 cm³/mol. The average molecular weight is 348 g/mol. The number of hydrogen-bond donors (Lipinski definition) is 2. The molecule has 6 fully saturated rings. The zero-order chi connectivity index (χ0) is 17.4. The second-order valence-electron chi connectivity index (χ2n) is 10.7. The van der Waals surface area contributed by atoms with Gasteiger partial charge in [-0.2, -0.15) is 0 Å². The van der Waals surface area contributed by atoms with Crippen LogP contribution in [0.15, 0.2) is 0 Å². The summed E-state index contributed by atoms with van der Waals surface area (Å²) in [6.07, 6.45) is 7.66. The molecular formula is C21H32O4. The number of fused-ring (bicyclic) bond motifs is 6. The fourth-order valence-corrected chi connectivity index (χ4v) is 8.90. The lowest BCUT2D eigenvalue weighted by Gasteiger charge is -2.59. The number of aliphatic hydroxyl groups excluding tert-OH is 2. The summed E-state index contributed by atoms with van der Waals surface area (Å²) in [4.78, 5) is 0. The highest BCUT2D eigenvalue weighted by Crippen LogP contribution is 2.77.